The van der Waals surface area contributed by atoms with Crippen LogP contribution in [0.4, 0.5) is 0 Å². The number of thioether (sulfide) groups is 1. The number of hydrogen-bond acceptors (Lipinski definition) is 1. The lowest BCUT2D eigenvalue weighted by Crippen LogP contribution is -2.53. The maximum Gasteiger partial charge on any atom is 0.0831 e. The molecule has 0 atom stereocenters. The Morgan fingerprint density at radius 2 is 1.43 bits per heavy atom. The normalized spacial score (nSPS) is 9.43. The molecule has 0 spiro atoms. The molecule has 0 bridgehead atoms. The van der Waals surface area contributed by atoms with Crippen LogP contribution in [0.15, 0.2) is 0 Å². The van der Waals surface area contributed by atoms with Crippen molar-refractivity contribution >= 4 is 11.8 Å². The van der Waals surface area contributed by atoms with E-state index in [1.54, 1.807) is 0 Å². The molecule has 0 aliphatic rings. The van der Waals surface area contributed by atoms with Gasteiger partial charge in [-0.1, -0.05) is 0 Å². The Bertz CT molecular complexity index is 28.9. The Balaban J connectivity index is 2.45. The van der Waals surface area contributed by atoms with Crippen molar-refractivity contribution in [2.75, 3.05) is 24.6 Å². The molecule has 0 rings (SSSR count). The van der Waals surface area contributed by atoms with E-state index < -0.39 is 0 Å². The zero-order valence-corrected chi connectivity index (χ0v) is 5.47. The largest absolute Gasteiger partial charge is 0.357 e. The lowest BCUT2D eigenvalue weighted by molar-refractivity contribution is -0.361. The second-order valence-electron chi connectivity index (χ2n) is 1.32. The summed E-state index contributed by atoms with van der Waals surface area (Å²) in [6, 6.07) is 0. The summed E-state index contributed by atoms with van der Waals surface area (Å²) in [4.78, 5) is 0. The van der Waals surface area contributed by atoms with Crippen LogP contribution < -0.4 is 11.5 Å². The highest BCUT2D eigenvalue weighted by Crippen LogP contribution is 1.92. The van der Waals surface area contributed by atoms with Gasteiger partial charge in [0.1, 0.15) is 0 Å². The predicted octanol–water partition coefficient (Wildman–Crippen LogP) is -1.80. The van der Waals surface area contributed by atoms with Gasteiger partial charge in [0, 0.05) is 11.5 Å². The summed E-state index contributed by atoms with van der Waals surface area (Å²) in [5.41, 5.74) is 7.43. The van der Waals surface area contributed by atoms with E-state index in [0.29, 0.717) is 0 Å². The Morgan fingerprint density at radius 1 is 1.00 bits per heavy atom. The molecule has 0 aliphatic heterocycles. The molecule has 0 aromatic carbocycles. The fourth-order valence-corrected chi connectivity index (χ4v) is 0.919. The summed E-state index contributed by atoms with van der Waals surface area (Å²) in [5, 5.41) is 0. The molecule has 0 radical (unpaired) electrons. The van der Waals surface area contributed by atoms with E-state index in [4.69, 9.17) is 0 Å². The van der Waals surface area contributed by atoms with Gasteiger partial charge in [-0.25, -0.2) is 0 Å². The van der Waals surface area contributed by atoms with E-state index in [1.165, 1.54) is 11.5 Å². The lowest BCUT2D eigenvalue weighted by Gasteiger charge is -1.88. The van der Waals surface area contributed by atoms with Crippen LogP contribution in [0.3, 0.4) is 0 Å². The fraction of sp³-hybridized carbons (Fsp3) is 1.00. The first kappa shape index (κ1) is 7.27. The molecule has 0 unspecified atom stereocenters. The summed E-state index contributed by atoms with van der Waals surface area (Å²) < 4.78 is 0. The van der Waals surface area contributed by atoms with Crippen molar-refractivity contribution in [2.45, 2.75) is 0 Å². The van der Waals surface area contributed by atoms with Gasteiger partial charge in [-0.05, 0) is 0 Å². The lowest BCUT2D eigenvalue weighted by atomic mass is 10.8. The average Bonchev–Trinajstić information content (AvgIpc) is 1.69. The quantitative estimate of drug-likeness (QED) is 0.425. The highest BCUT2D eigenvalue weighted by molar-refractivity contribution is 7.99. The Morgan fingerprint density at radius 3 is 1.71 bits per heavy atom. The van der Waals surface area contributed by atoms with Gasteiger partial charge in [0.15, 0.2) is 0 Å². The molecule has 0 aromatic heterocycles. The monoisotopic (exact) mass is 122 g/mol. The molecule has 0 aliphatic carbocycles. The predicted molar refractivity (Wildman–Crippen MR) is 32.8 cm³/mol. The van der Waals surface area contributed by atoms with Crippen LogP contribution in [0.5, 0.6) is 0 Å². The van der Waals surface area contributed by atoms with E-state index in [9.17, 15) is 0 Å². The topological polar surface area (TPSA) is 55.3 Å². The molecule has 0 saturated carbocycles. The molecule has 7 heavy (non-hydrogen) atoms. The summed E-state index contributed by atoms with van der Waals surface area (Å²) in [5.74, 6) is 2.38. The van der Waals surface area contributed by atoms with Crippen molar-refractivity contribution < 1.29 is 11.5 Å². The third-order valence-corrected chi connectivity index (χ3v) is 1.73. The molecule has 44 valence electrons. The summed E-state index contributed by atoms with van der Waals surface area (Å²) >= 11 is 1.93. The molecule has 0 amide bonds. The van der Waals surface area contributed by atoms with Gasteiger partial charge in [0.25, 0.3) is 0 Å². The number of hydrogen-bond donors (Lipinski definition) is 2. The van der Waals surface area contributed by atoms with Crippen molar-refractivity contribution in [3.05, 3.63) is 0 Å². The SMILES string of the molecule is [NH3+]CCSCC[NH3+]. The van der Waals surface area contributed by atoms with Crippen LogP contribution in [0.1, 0.15) is 0 Å². The van der Waals surface area contributed by atoms with Gasteiger partial charge in [-0.2, -0.15) is 11.8 Å². The van der Waals surface area contributed by atoms with Crippen molar-refractivity contribution in [1.29, 1.82) is 0 Å². The number of quaternary nitrogens is 2. The van der Waals surface area contributed by atoms with Gasteiger partial charge >= 0.3 is 0 Å². The molecule has 3 heteroatoms. The van der Waals surface area contributed by atoms with Gasteiger partial charge in [0.05, 0.1) is 13.1 Å². The van der Waals surface area contributed by atoms with Crippen molar-refractivity contribution in [1.82, 2.24) is 0 Å². The smallest absolute Gasteiger partial charge is 0.0831 e. The van der Waals surface area contributed by atoms with Crippen LogP contribution in [-0.4, -0.2) is 24.6 Å². The average molecular weight is 122 g/mol. The minimum atomic E-state index is 1.05. The van der Waals surface area contributed by atoms with Crippen molar-refractivity contribution in [3.8, 4) is 0 Å². The van der Waals surface area contributed by atoms with Crippen molar-refractivity contribution in [3.63, 3.8) is 0 Å². The second kappa shape index (κ2) is 6.27. The molecule has 0 aromatic rings. The van der Waals surface area contributed by atoms with E-state index in [-0.39, 0.29) is 0 Å². The first-order chi connectivity index (χ1) is 3.41. The first-order valence-electron chi connectivity index (χ1n) is 2.58. The minimum Gasteiger partial charge on any atom is -0.357 e. The summed E-state index contributed by atoms with van der Waals surface area (Å²) in [7, 11) is 0. The highest BCUT2D eigenvalue weighted by atomic mass is 32.2. The van der Waals surface area contributed by atoms with Crippen LogP contribution >= 0.6 is 11.8 Å². The standard InChI is InChI=1S/C4H12N2S/c5-1-3-7-4-2-6/h1-6H2/p+2. The molecule has 0 heterocycles. The molecular formula is C4H14N2S+2. The van der Waals surface area contributed by atoms with Crippen molar-refractivity contribution in [2.24, 2.45) is 0 Å². The van der Waals surface area contributed by atoms with Crippen LogP contribution in [-0.2, 0) is 0 Å². The molecule has 6 N–H and O–H groups in total. The maximum atomic E-state index is 3.72. The van der Waals surface area contributed by atoms with Gasteiger partial charge in [-0.15, -0.1) is 0 Å². The Kier molecular flexibility index (Phi) is 6.51. The Labute approximate surface area is 48.6 Å². The molecular weight excluding hydrogens is 108 g/mol. The minimum absolute atomic E-state index is 1.05. The van der Waals surface area contributed by atoms with Crippen LogP contribution in [0.25, 0.3) is 0 Å². The third-order valence-electron chi connectivity index (χ3n) is 0.577. The van der Waals surface area contributed by atoms with Gasteiger partial charge in [-0.3, -0.25) is 0 Å². The third kappa shape index (κ3) is 6.27. The fourth-order valence-electron chi connectivity index (χ4n) is 0.306. The zero-order chi connectivity index (χ0) is 5.54. The van der Waals surface area contributed by atoms with E-state index in [0.717, 1.165) is 13.1 Å². The van der Waals surface area contributed by atoms with E-state index >= 15 is 0 Å². The van der Waals surface area contributed by atoms with Crippen LogP contribution in [0, 0.1) is 0 Å². The van der Waals surface area contributed by atoms with Gasteiger partial charge < -0.3 is 11.5 Å². The van der Waals surface area contributed by atoms with E-state index in [2.05, 4.69) is 11.5 Å². The zero-order valence-electron chi connectivity index (χ0n) is 4.65. The number of rotatable bonds is 4. The molecule has 2 nitrogen and oxygen atoms in total. The summed E-state index contributed by atoms with van der Waals surface area (Å²) in [6.45, 7) is 2.09. The van der Waals surface area contributed by atoms with Gasteiger partial charge in [0.2, 0.25) is 0 Å². The maximum absolute atomic E-state index is 3.72. The Hall–Kier alpha value is 0.270. The molecule has 0 fully saturated rings. The van der Waals surface area contributed by atoms with E-state index in [1.807, 2.05) is 11.8 Å². The molecule has 0 saturated heterocycles. The second-order valence-corrected chi connectivity index (χ2v) is 2.54. The first-order valence-corrected chi connectivity index (χ1v) is 3.73. The highest BCUT2D eigenvalue weighted by Gasteiger charge is 1.83. The summed E-state index contributed by atoms with van der Waals surface area (Å²) in [6.07, 6.45) is 0. The van der Waals surface area contributed by atoms with Crippen LogP contribution in [0.2, 0.25) is 0 Å².